The van der Waals surface area contributed by atoms with Crippen molar-refractivity contribution in [3.8, 4) is 6.07 Å². The topological polar surface area (TPSA) is 172 Å². The Bertz CT molecular complexity index is 1330. The number of thiol groups is 1. The third-order valence-electron chi connectivity index (χ3n) is 6.35. The maximum Gasteiger partial charge on any atom is 0.303 e. The maximum absolute atomic E-state index is 13.0. The van der Waals surface area contributed by atoms with Gasteiger partial charge >= 0.3 is 23.9 Å². The molecule has 3 rings (SSSR count). The van der Waals surface area contributed by atoms with Crippen LogP contribution >= 0.6 is 12.6 Å². The molecule has 1 saturated heterocycles. The van der Waals surface area contributed by atoms with Gasteiger partial charge in [0.1, 0.15) is 18.5 Å². The summed E-state index contributed by atoms with van der Waals surface area (Å²) >= 11 is 4.62. The second kappa shape index (κ2) is 13.0. The summed E-state index contributed by atoms with van der Waals surface area (Å²) in [5.74, 6) is -4.03. The molecule has 1 aromatic rings. The van der Waals surface area contributed by atoms with Crippen molar-refractivity contribution in [3.05, 3.63) is 46.0 Å². The number of rotatable bonds is 8. The van der Waals surface area contributed by atoms with Gasteiger partial charge in [-0.3, -0.25) is 24.0 Å². The first-order chi connectivity index (χ1) is 19.3. The Labute approximate surface area is 241 Å². The first-order valence-electron chi connectivity index (χ1n) is 12.5. The van der Waals surface area contributed by atoms with E-state index >= 15 is 0 Å². The van der Waals surface area contributed by atoms with Crippen LogP contribution in [0.3, 0.4) is 0 Å². The minimum absolute atomic E-state index is 0.0203. The average Bonchev–Trinajstić information content (AvgIpc) is 3.39. The Balaban J connectivity index is 2.27. The number of furan rings is 1. The number of allylic oxidation sites excluding steroid dienone is 3. The molecule has 0 saturated carbocycles. The summed E-state index contributed by atoms with van der Waals surface area (Å²) < 4.78 is 33.4. The van der Waals surface area contributed by atoms with Gasteiger partial charge in [-0.15, -0.1) is 12.6 Å². The van der Waals surface area contributed by atoms with Crippen LogP contribution in [0, 0.1) is 11.3 Å². The summed E-state index contributed by atoms with van der Waals surface area (Å²) in [6, 6.07) is 5.31. The zero-order chi connectivity index (χ0) is 30.6. The van der Waals surface area contributed by atoms with E-state index in [1.807, 2.05) is 0 Å². The lowest BCUT2D eigenvalue weighted by Crippen LogP contribution is -2.66. The fourth-order valence-electron chi connectivity index (χ4n) is 4.94. The van der Waals surface area contributed by atoms with Gasteiger partial charge in [0, 0.05) is 39.0 Å². The molecule has 1 aromatic heterocycles. The summed E-state index contributed by atoms with van der Waals surface area (Å²) in [5, 5.41) is 10.2. The summed E-state index contributed by atoms with van der Waals surface area (Å²) in [7, 11) is 0. The molecular formula is C27H30N2O11S. The Morgan fingerprint density at radius 3 is 2.02 bits per heavy atom. The lowest BCUT2D eigenvalue weighted by atomic mass is 9.83. The molecule has 3 heterocycles. The molecular weight excluding hydrogens is 560 g/mol. The van der Waals surface area contributed by atoms with Crippen LogP contribution in [-0.4, -0.2) is 71.8 Å². The van der Waals surface area contributed by atoms with Gasteiger partial charge in [0.25, 0.3) is 0 Å². The molecule has 41 heavy (non-hydrogen) atoms. The highest BCUT2D eigenvalue weighted by Gasteiger charge is 2.55. The highest BCUT2D eigenvalue weighted by atomic mass is 32.1. The zero-order valence-electron chi connectivity index (χ0n) is 23.2. The second-order valence-electron chi connectivity index (χ2n) is 9.31. The van der Waals surface area contributed by atoms with Gasteiger partial charge in [-0.05, 0) is 26.0 Å². The molecule has 0 aliphatic carbocycles. The van der Waals surface area contributed by atoms with Crippen molar-refractivity contribution < 1.29 is 52.1 Å². The average molecular weight is 591 g/mol. The highest BCUT2D eigenvalue weighted by Crippen LogP contribution is 2.46. The number of nitrogens with zero attached hydrogens (tertiary/aromatic N) is 2. The van der Waals surface area contributed by atoms with Crippen molar-refractivity contribution in [1.29, 1.82) is 5.26 Å². The van der Waals surface area contributed by atoms with Gasteiger partial charge in [-0.2, -0.15) is 5.26 Å². The Kier molecular flexibility index (Phi) is 10.0. The lowest BCUT2D eigenvalue weighted by Gasteiger charge is -2.49. The van der Waals surface area contributed by atoms with Crippen LogP contribution in [0.15, 0.2) is 44.7 Å². The zero-order valence-corrected chi connectivity index (χ0v) is 24.1. The number of esters is 4. The normalized spacial score (nSPS) is 26.1. The number of ketones is 1. The van der Waals surface area contributed by atoms with Crippen LogP contribution < -0.4 is 0 Å². The van der Waals surface area contributed by atoms with Crippen molar-refractivity contribution in [3.63, 3.8) is 0 Å². The molecule has 1 fully saturated rings. The second-order valence-corrected chi connectivity index (χ2v) is 9.74. The number of hydrogen-bond donors (Lipinski definition) is 1. The van der Waals surface area contributed by atoms with E-state index in [2.05, 4.69) is 18.7 Å². The Morgan fingerprint density at radius 1 is 0.951 bits per heavy atom. The fourth-order valence-corrected chi connectivity index (χ4v) is 5.38. The molecule has 6 atom stereocenters. The maximum atomic E-state index is 13.0. The van der Waals surface area contributed by atoms with Gasteiger partial charge in [-0.1, -0.05) is 0 Å². The van der Waals surface area contributed by atoms with Crippen molar-refractivity contribution in [1.82, 2.24) is 4.90 Å². The predicted octanol–water partition coefficient (Wildman–Crippen LogP) is 2.29. The monoisotopic (exact) mass is 590 g/mol. The molecule has 0 bridgehead atoms. The molecule has 0 aromatic carbocycles. The molecule has 14 heteroatoms. The molecule has 0 amide bonds. The Morgan fingerprint density at radius 2 is 1.54 bits per heavy atom. The van der Waals surface area contributed by atoms with E-state index < -0.39 is 72.8 Å². The third kappa shape index (κ3) is 6.80. The van der Waals surface area contributed by atoms with Gasteiger partial charge in [0.05, 0.1) is 28.9 Å². The summed E-state index contributed by atoms with van der Waals surface area (Å²) in [5.41, 5.74) is 0.456. The van der Waals surface area contributed by atoms with Crippen LogP contribution in [-0.2, 0) is 47.7 Å². The van der Waals surface area contributed by atoms with E-state index in [0.29, 0.717) is 5.76 Å². The van der Waals surface area contributed by atoms with Crippen molar-refractivity contribution >= 4 is 42.3 Å². The quantitative estimate of drug-likeness (QED) is 0.266. The van der Waals surface area contributed by atoms with Gasteiger partial charge in [0.15, 0.2) is 30.3 Å². The number of nitriles is 1. The molecule has 0 radical (unpaired) electrons. The van der Waals surface area contributed by atoms with Crippen molar-refractivity contribution in [2.45, 2.75) is 78.1 Å². The van der Waals surface area contributed by atoms with Gasteiger partial charge in [0.2, 0.25) is 0 Å². The van der Waals surface area contributed by atoms with E-state index in [-0.39, 0.29) is 21.9 Å². The first kappa shape index (κ1) is 31.4. The smallest absolute Gasteiger partial charge is 0.303 e. The SMILES string of the molecule is CC(=O)OC[C@@H]1O[C@H](N2C(C)=C(C(C)=O)[C@H](c3ccco3)C(C#N)=C2S)[C@H](OC(C)=O)[C@H](OC(C)=O)[C@@H]1OC(C)=O. The standard InChI is InChI=1S/C27H30N2O11S/c1-12-21(13(2)30)22(19-8-7-9-35-19)18(10-28)27(41)29(12)26-25(39-17(6)34)24(38-16(5)33)23(37-15(4)32)20(40-26)11-36-14(3)31/h7-9,20,22-26,41H,11H2,1-6H3/t20-,22-,23+,24+,25+,26-/m0/s1. The van der Waals surface area contributed by atoms with E-state index in [1.165, 1.54) is 18.1 Å². The molecule has 220 valence electrons. The van der Waals surface area contributed by atoms with Crippen LogP contribution in [0.4, 0.5) is 0 Å². The number of carbonyl (C=O) groups excluding carboxylic acids is 5. The number of carbonyl (C=O) groups is 5. The van der Waals surface area contributed by atoms with E-state index in [1.54, 1.807) is 19.1 Å². The minimum atomic E-state index is -1.47. The van der Waals surface area contributed by atoms with Crippen molar-refractivity contribution in [2.75, 3.05) is 6.61 Å². The molecule has 0 unspecified atom stereocenters. The molecule has 0 N–H and O–H groups in total. The highest BCUT2D eigenvalue weighted by molar-refractivity contribution is 7.84. The number of Topliss-reactive ketones (excluding diaryl/α,β-unsaturated/α-hetero) is 1. The molecule has 0 spiro atoms. The predicted molar refractivity (Wildman–Crippen MR) is 140 cm³/mol. The number of hydrogen-bond acceptors (Lipinski definition) is 14. The van der Waals surface area contributed by atoms with E-state index in [0.717, 1.165) is 27.7 Å². The van der Waals surface area contributed by atoms with Crippen LogP contribution in [0.2, 0.25) is 0 Å². The van der Waals surface area contributed by atoms with Gasteiger partial charge in [-0.25, -0.2) is 0 Å². The third-order valence-corrected chi connectivity index (χ3v) is 6.80. The van der Waals surface area contributed by atoms with Crippen LogP contribution in [0.5, 0.6) is 0 Å². The minimum Gasteiger partial charge on any atom is -0.468 e. The largest absolute Gasteiger partial charge is 0.468 e. The van der Waals surface area contributed by atoms with Crippen molar-refractivity contribution in [2.24, 2.45) is 0 Å². The summed E-state index contributed by atoms with van der Waals surface area (Å²) in [6.07, 6.45) is -5.55. The first-order valence-corrected chi connectivity index (χ1v) is 12.9. The summed E-state index contributed by atoms with van der Waals surface area (Å²) in [6.45, 7) is 6.93. The van der Waals surface area contributed by atoms with E-state index in [9.17, 15) is 29.2 Å². The van der Waals surface area contributed by atoms with Crippen LogP contribution in [0.25, 0.3) is 0 Å². The number of ether oxygens (including phenoxy) is 5. The van der Waals surface area contributed by atoms with E-state index in [4.69, 9.17) is 28.1 Å². The Hall–Kier alpha value is -4.09. The molecule has 2 aliphatic heterocycles. The lowest BCUT2D eigenvalue weighted by molar-refractivity contribution is -0.271. The van der Waals surface area contributed by atoms with Gasteiger partial charge < -0.3 is 33.0 Å². The summed E-state index contributed by atoms with van der Waals surface area (Å²) in [4.78, 5) is 62.5. The molecule has 2 aliphatic rings. The van der Waals surface area contributed by atoms with Crippen LogP contribution in [0.1, 0.15) is 53.2 Å². The molecule has 13 nitrogen and oxygen atoms in total. The fraction of sp³-hybridized carbons (Fsp3) is 0.481.